The number of nitrogens with zero attached hydrogens (tertiary/aromatic N) is 6. The molecule has 3 aromatic heterocycles. The van der Waals surface area contributed by atoms with Crippen LogP contribution >= 0.6 is 0 Å². The molecular weight excluding hydrogens is 418 g/mol. The number of nitrogens with one attached hydrogen (secondary N) is 1. The van der Waals surface area contributed by atoms with Crippen molar-refractivity contribution in [2.24, 2.45) is 0 Å². The van der Waals surface area contributed by atoms with Gasteiger partial charge in [0.25, 0.3) is 0 Å². The Bertz CT molecular complexity index is 1260. The maximum atomic E-state index is 12.6. The van der Waals surface area contributed by atoms with Crippen LogP contribution in [0.25, 0.3) is 22.8 Å². The van der Waals surface area contributed by atoms with Crippen LogP contribution in [0.1, 0.15) is 43.0 Å². The van der Waals surface area contributed by atoms with Gasteiger partial charge in [-0.2, -0.15) is 4.98 Å². The molecule has 1 amide bonds. The van der Waals surface area contributed by atoms with Crippen molar-refractivity contribution in [2.45, 2.75) is 52.0 Å². The summed E-state index contributed by atoms with van der Waals surface area (Å²) in [7, 11) is 0. The number of aromatic nitrogens is 6. The van der Waals surface area contributed by atoms with Gasteiger partial charge in [0.15, 0.2) is 5.82 Å². The van der Waals surface area contributed by atoms with Crippen LogP contribution in [0.15, 0.2) is 47.2 Å². The minimum Gasteiger partial charge on any atom is -0.339 e. The number of hydrogen-bond donors (Lipinski definition) is 1. The van der Waals surface area contributed by atoms with E-state index in [9.17, 15) is 4.79 Å². The van der Waals surface area contributed by atoms with Crippen LogP contribution < -0.4 is 5.32 Å². The number of benzene rings is 1. The van der Waals surface area contributed by atoms with Gasteiger partial charge < -0.3 is 14.4 Å². The normalized spacial score (nSPS) is 13.4. The summed E-state index contributed by atoms with van der Waals surface area (Å²) in [5, 5.41) is 15.8. The number of fused-ring (bicyclic) bond motifs is 1. The van der Waals surface area contributed by atoms with Crippen LogP contribution in [-0.4, -0.2) is 35.8 Å². The number of rotatable bonds is 6. The maximum Gasteiger partial charge on any atom is 0.227 e. The molecule has 0 bridgehead atoms. The Morgan fingerprint density at radius 1 is 1.09 bits per heavy atom. The third-order valence-corrected chi connectivity index (χ3v) is 5.85. The molecule has 0 aliphatic carbocycles. The van der Waals surface area contributed by atoms with Crippen molar-refractivity contribution in [3.05, 3.63) is 60.0 Å². The van der Waals surface area contributed by atoms with Crippen LogP contribution in [0, 0.1) is 6.92 Å². The van der Waals surface area contributed by atoms with Crippen molar-refractivity contribution in [3.8, 4) is 22.8 Å². The molecular formula is C24H25N7O2. The Morgan fingerprint density at radius 2 is 1.97 bits per heavy atom. The first-order chi connectivity index (χ1) is 16.2. The Labute approximate surface area is 191 Å². The zero-order valence-corrected chi connectivity index (χ0v) is 18.5. The van der Waals surface area contributed by atoms with Crippen LogP contribution in [0.4, 0.5) is 5.69 Å². The molecule has 168 valence electrons. The van der Waals surface area contributed by atoms with E-state index in [1.54, 1.807) is 12.4 Å². The Kier molecular flexibility index (Phi) is 5.93. The van der Waals surface area contributed by atoms with E-state index in [0.29, 0.717) is 18.1 Å². The summed E-state index contributed by atoms with van der Waals surface area (Å²) in [6, 6.07) is 9.63. The van der Waals surface area contributed by atoms with Crippen molar-refractivity contribution in [1.29, 1.82) is 0 Å². The molecule has 5 rings (SSSR count). The topological polar surface area (TPSA) is 112 Å². The number of hydrogen-bond acceptors (Lipinski definition) is 7. The van der Waals surface area contributed by atoms with Crippen molar-refractivity contribution in [3.63, 3.8) is 0 Å². The highest BCUT2D eigenvalue weighted by Gasteiger charge is 2.17. The van der Waals surface area contributed by atoms with Crippen LogP contribution in [0.2, 0.25) is 0 Å². The minimum absolute atomic E-state index is 0.112. The van der Waals surface area contributed by atoms with E-state index in [2.05, 4.69) is 35.2 Å². The lowest BCUT2D eigenvalue weighted by atomic mass is 10.1. The Hall–Kier alpha value is -3.88. The van der Waals surface area contributed by atoms with E-state index in [0.717, 1.165) is 59.8 Å². The van der Waals surface area contributed by atoms with Gasteiger partial charge in [-0.1, -0.05) is 23.7 Å². The summed E-state index contributed by atoms with van der Waals surface area (Å²) >= 11 is 0. The van der Waals surface area contributed by atoms with E-state index >= 15 is 0 Å². The molecule has 9 heteroatoms. The predicted octanol–water partition coefficient (Wildman–Crippen LogP) is 4.00. The largest absolute Gasteiger partial charge is 0.339 e. The van der Waals surface area contributed by atoms with E-state index in [1.165, 1.54) is 6.42 Å². The minimum atomic E-state index is -0.112. The second-order valence-electron chi connectivity index (χ2n) is 8.23. The molecule has 1 aliphatic heterocycles. The first kappa shape index (κ1) is 21.0. The Balaban J connectivity index is 1.26. The molecule has 0 radical (unpaired) electrons. The molecule has 0 atom stereocenters. The molecule has 4 heterocycles. The van der Waals surface area contributed by atoms with Crippen molar-refractivity contribution in [1.82, 2.24) is 29.9 Å². The molecule has 1 aromatic carbocycles. The van der Waals surface area contributed by atoms with Gasteiger partial charge in [0, 0.05) is 55.0 Å². The predicted molar refractivity (Wildman–Crippen MR) is 122 cm³/mol. The quantitative estimate of drug-likeness (QED) is 0.479. The third-order valence-electron chi connectivity index (χ3n) is 5.85. The van der Waals surface area contributed by atoms with Crippen LogP contribution in [-0.2, 0) is 24.2 Å². The zero-order chi connectivity index (χ0) is 22.6. The number of anilines is 1. The second-order valence-corrected chi connectivity index (χ2v) is 8.23. The molecule has 0 fully saturated rings. The number of carbonyl (C=O) groups excluding carboxylic acids is 1. The average molecular weight is 444 g/mol. The summed E-state index contributed by atoms with van der Waals surface area (Å²) in [6.45, 7) is 2.90. The summed E-state index contributed by atoms with van der Waals surface area (Å²) in [5.74, 6) is 2.70. The van der Waals surface area contributed by atoms with E-state index < -0.39 is 0 Å². The molecule has 4 aromatic rings. The van der Waals surface area contributed by atoms with Crippen LogP contribution in [0.3, 0.4) is 0 Å². The number of amides is 1. The third kappa shape index (κ3) is 4.67. The van der Waals surface area contributed by atoms with Gasteiger partial charge >= 0.3 is 0 Å². The first-order valence-corrected chi connectivity index (χ1v) is 11.2. The van der Waals surface area contributed by atoms with E-state index in [1.807, 2.05) is 37.3 Å². The fourth-order valence-corrected chi connectivity index (χ4v) is 4.00. The van der Waals surface area contributed by atoms with Gasteiger partial charge in [-0.15, -0.1) is 10.2 Å². The highest BCUT2D eigenvalue weighted by molar-refractivity contribution is 5.92. The van der Waals surface area contributed by atoms with E-state index in [-0.39, 0.29) is 12.3 Å². The molecule has 0 spiro atoms. The summed E-state index contributed by atoms with van der Waals surface area (Å²) < 4.78 is 7.50. The van der Waals surface area contributed by atoms with Crippen molar-refractivity contribution < 1.29 is 9.32 Å². The molecule has 0 saturated heterocycles. The summed E-state index contributed by atoms with van der Waals surface area (Å²) in [4.78, 5) is 21.0. The zero-order valence-electron chi connectivity index (χ0n) is 18.5. The monoisotopic (exact) mass is 443 g/mol. The molecule has 1 N–H and O–H groups in total. The molecule has 1 aliphatic rings. The molecule has 0 unspecified atom stereocenters. The second kappa shape index (κ2) is 9.32. The lowest BCUT2D eigenvalue weighted by Crippen LogP contribution is -2.13. The molecule has 0 saturated carbocycles. The van der Waals surface area contributed by atoms with Gasteiger partial charge in [-0.05, 0) is 43.5 Å². The van der Waals surface area contributed by atoms with Gasteiger partial charge in [-0.3, -0.25) is 9.78 Å². The highest BCUT2D eigenvalue weighted by Crippen LogP contribution is 2.27. The van der Waals surface area contributed by atoms with Gasteiger partial charge in [0.1, 0.15) is 5.82 Å². The number of aryl methyl sites for hydroxylation is 3. The number of carbonyl (C=O) groups is 1. The number of pyridine rings is 1. The Morgan fingerprint density at radius 3 is 2.85 bits per heavy atom. The fourth-order valence-electron chi connectivity index (χ4n) is 4.00. The smallest absolute Gasteiger partial charge is 0.227 e. The average Bonchev–Trinajstić information content (AvgIpc) is 3.41. The van der Waals surface area contributed by atoms with Gasteiger partial charge in [0.2, 0.25) is 17.6 Å². The SMILES string of the molecule is Cc1ccc(-c2nnc3n2CCCCC3)cc1NC(=O)CCc1nc(-c2ccncc2)no1. The standard InChI is InChI=1S/C24H25N7O2/c1-16-6-7-18(24-29-28-20-5-3-2-4-14-31(20)24)15-19(16)26-21(32)8-9-22-27-23(30-33-22)17-10-12-25-13-11-17/h6-7,10-13,15H,2-5,8-9,14H2,1H3,(H,26,32). The lowest BCUT2D eigenvalue weighted by molar-refractivity contribution is -0.116. The van der Waals surface area contributed by atoms with Crippen molar-refractivity contribution in [2.75, 3.05) is 5.32 Å². The highest BCUT2D eigenvalue weighted by atomic mass is 16.5. The molecule has 33 heavy (non-hydrogen) atoms. The first-order valence-electron chi connectivity index (χ1n) is 11.2. The summed E-state index contributed by atoms with van der Waals surface area (Å²) in [6.07, 6.45) is 8.40. The maximum absolute atomic E-state index is 12.6. The fraction of sp³-hybridized carbons (Fsp3) is 0.333. The lowest BCUT2D eigenvalue weighted by Gasteiger charge is -2.11. The molecule has 9 nitrogen and oxygen atoms in total. The van der Waals surface area contributed by atoms with Crippen molar-refractivity contribution >= 4 is 11.6 Å². The summed E-state index contributed by atoms with van der Waals surface area (Å²) in [5.41, 5.74) is 3.53. The van der Waals surface area contributed by atoms with E-state index in [4.69, 9.17) is 4.52 Å². The van der Waals surface area contributed by atoms with Gasteiger partial charge in [-0.25, -0.2) is 0 Å². The van der Waals surface area contributed by atoms with Crippen LogP contribution in [0.5, 0.6) is 0 Å². The van der Waals surface area contributed by atoms with Gasteiger partial charge in [0.05, 0.1) is 0 Å².